The van der Waals surface area contributed by atoms with Crippen LogP contribution in [0.15, 0.2) is 24.3 Å². The third kappa shape index (κ3) is 3.89. The lowest BCUT2D eigenvalue weighted by molar-refractivity contribution is 0.240. The van der Waals surface area contributed by atoms with Crippen molar-refractivity contribution >= 4 is 5.69 Å². The van der Waals surface area contributed by atoms with Gasteiger partial charge >= 0.3 is 0 Å². The number of ether oxygens (including phenoxy) is 1. The van der Waals surface area contributed by atoms with Gasteiger partial charge in [-0.15, -0.1) is 0 Å². The first-order valence-corrected chi connectivity index (χ1v) is 7.97. The summed E-state index contributed by atoms with van der Waals surface area (Å²) in [5.41, 5.74) is 7.22. The summed E-state index contributed by atoms with van der Waals surface area (Å²) in [5.74, 6) is 1.67. The van der Waals surface area contributed by atoms with Gasteiger partial charge in [0.25, 0.3) is 0 Å². The van der Waals surface area contributed by atoms with Crippen LogP contribution in [-0.4, -0.2) is 25.7 Å². The van der Waals surface area contributed by atoms with Crippen LogP contribution in [0.4, 0.5) is 5.69 Å². The van der Waals surface area contributed by atoms with Crippen molar-refractivity contribution in [2.24, 2.45) is 11.7 Å². The van der Waals surface area contributed by atoms with Gasteiger partial charge in [-0.05, 0) is 30.9 Å². The molecule has 1 heterocycles. The fraction of sp³-hybridized carbons (Fsp3) is 0.647. The number of hydrogen-bond donors (Lipinski definition) is 1. The van der Waals surface area contributed by atoms with Gasteiger partial charge < -0.3 is 15.4 Å². The molecular weight excluding hydrogens is 248 g/mol. The molecule has 2 N–H and O–H groups in total. The van der Waals surface area contributed by atoms with Crippen molar-refractivity contribution in [1.29, 1.82) is 0 Å². The molecule has 0 aliphatic carbocycles. The van der Waals surface area contributed by atoms with Crippen molar-refractivity contribution in [2.75, 3.05) is 24.6 Å². The highest BCUT2D eigenvalue weighted by atomic mass is 16.5. The highest BCUT2D eigenvalue weighted by molar-refractivity contribution is 5.58. The Morgan fingerprint density at radius 1 is 1.20 bits per heavy atom. The number of piperidine rings is 1. The average Bonchev–Trinajstić information content (AvgIpc) is 2.50. The molecule has 20 heavy (non-hydrogen) atoms. The molecule has 0 bridgehead atoms. The van der Waals surface area contributed by atoms with Crippen LogP contribution < -0.4 is 15.4 Å². The van der Waals surface area contributed by atoms with E-state index in [1.165, 1.54) is 18.5 Å². The van der Waals surface area contributed by atoms with E-state index in [0.717, 1.165) is 38.3 Å². The lowest BCUT2D eigenvalue weighted by Gasteiger charge is -2.33. The van der Waals surface area contributed by atoms with Crippen LogP contribution in [0, 0.1) is 5.92 Å². The Labute approximate surface area is 123 Å². The van der Waals surface area contributed by atoms with Crippen LogP contribution in [-0.2, 0) is 0 Å². The van der Waals surface area contributed by atoms with E-state index in [4.69, 9.17) is 10.5 Å². The second kappa shape index (κ2) is 7.53. The number of hydrogen-bond acceptors (Lipinski definition) is 3. The molecule has 2 rings (SSSR count). The molecular formula is C17H28N2O. The number of nitrogens with two attached hydrogens (primary N) is 1. The van der Waals surface area contributed by atoms with Gasteiger partial charge in [0, 0.05) is 19.1 Å². The summed E-state index contributed by atoms with van der Waals surface area (Å²) in [7, 11) is 0. The zero-order chi connectivity index (χ0) is 14.4. The SMILES string of the molecule is CCC(CC)COc1ccccc1N1CCC(N)CC1. The zero-order valence-electron chi connectivity index (χ0n) is 12.8. The van der Waals surface area contributed by atoms with E-state index in [1.807, 2.05) is 0 Å². The maximum Gasteiger partial charge on any atom is 0.142 e. The molecule has 0 radical (unpaired) electrons. The lowest BCUT2D eigenvalue weighted by Crippen LogP contribution is -2.39. The number of para-hydroxylation sites is 2. The fourth-order valence-corrected chi connectivity index (χ4v) is 2.71. The Morgan fingerprint density at radius 3 is 2.50 bits per heavy atom. The average molecular weight is 276 g/mol. The van der Waals surface area contributed by atoms with Crippen LogP contribution in [0.1, 0.15) is 39.5 Å². The van der Waals surface area contributed by atoms with Gasteiger partial charge in [0.2, 0.25) is 0 Å². The quantitative estimate of drug-likeness (QED) is 0.865. The van der Waals surface area contributed by atoms with Crippen LogP contribution in [0.25, 0.3) is 0 Å². The number of nitrogens with zero attached hydrogens (tertiary/aromatic N) is 1. The summed E-state index contributed by atoms with van der Waals surface area (Å²) in [5, 5.41) is 0. The maximum absolute atomic E-state index is 6.09. The molecule has 112 valence electrons. The molecule has 1 fully saturated rings. The van der Waals surface area contributed by atoms with Gasteiger partial charge in [0.1, 0.15) is 5.75 Å². The Kier molecular flexibility index (Phi) is 5.72. The number of rotatable bonds is 6. The van der Waals surface area contributed by atoms with Gasteiger partial charge in [0.05, 0.1) is 12.3 Å². The summed E-state index contributed by atoms with van der Waals surface area (Å²) in [6, 6.07) is 8.77. The van der Waals surface area contributed by atoms with Crippen LogP contribution in [0.2, 0.25) is 0 Å². The summed E-state index contributed by atoms with van der Waals surface area (Å²) in [4.78, 5) is 2.41. The predicted octanol–water partition coefficient (Wildman–Crippen LogP) is 3.43. The van der Waals surface area contributed by atoms with Crippen molar-refractivity contribution in [1.82, 2.24) is 0 Å². The first-order chi connectivity index (χ1) is 9.74. The molecule has 1 aromatic rings. The zero-order valence-corrected chi connectivity index (χ0v) is 12.8. The predicted molar refractivity (Wildman–Crippen MR) is 85.4 cm³/mol. The highest BCUT2D eigenvalue weighted by Crippen LogP contribution is 2.30. The third-order valence-corrected chi connectivity index (χ3v) is 4.37. The van der Waals surface area contributed by atoms with Crippen molar-refractivity contribution < 1.29 is 4.74 Å². The number of anilines is 1. The van der Waals surface area contributed by atoms with E-state index in [-0.39, 0.29) is 0 Å². The fourth-order valence-electron chi connectivity index (χ4n) is 2.71. The summed E-state index contributed by atoms with van der Waals surface area (Å²) in [6.45, 7) is 7.35. The van der Waals surface area contributed by atoms with Crippen molar-refractivity contribution in [3.8, 4) is 5.75 Å². The minimum absolute atomic E-state index is 0.365. The van der Waals surface area contributed by atoms with Crippen molar-refractivity contribution in [3.63, 3.8) is 0 Å². The molecule has 0 unspecified atom stereocenters. The molecule has 1 aromatic carbocycles. The van der Waals surface area contributed by atoms with Gasteiger partial charge in [-0.25, -0.2) is 0 Å². The minimum Gasteiger partial charge on any atom is -0.491 e. The molecule has 0 saturated carbocycles. The van der Waals surface area contributed by atoms with E-state index < -0.39 is 0 Å². The molecule has 3 heteroatoms. The first kappa shape index (κ1) is 15.2. The van der Waals surface area contributed by atoms with E-state index in [9.17, 15) is 0 Å². The third-order valence-electron chi connectivity index (χ3n) is 4.37. The standard InChI is InChI=1S/C17H28N2O/c1-3-14(4-2)13-20-17-8-6-5-7-16(17)19-11-9-15(18)10-12-19/h5-8,14-15H,3-4,9-13,18H2,1-2H3. The second-order valence-electron chi connectivity index (χ2n) is 5.79. The van der Waals surface area contributed by atoms with Gasteiger partial charge in [-0.2, -0.15) is 0 Å². The maximum atomic E-state index is 6.09. The molecule has 0 atom stereocenters. The Hall–Kier alpha value is -1.22. The first-order valence-electron chi connectivity index (χ1n) is 7.97. The second-order valence-corrected chi connectivity index (χ2v) is 5.79. The smallest absolute Gasteiger partial charge is 0.142 e. The largest absolute Gasteiger partial charge is 0.491 e. The van der Waals surface area contributed by atoms with Gasteiger partial charge in [-0.3, -0.25) is 0 Å². The minimum atomic E-state index is 0.365. The Morgan fingerprint density at radius 2 is 1.85 bits per heavy atom. The summed E-state index contributed by atoms with van der Waals surface area (Å²) in [6.07, 6.45) is 4.50. The Bertz CT molecular complexity index is 396. The monoisotopic (exact) mass is 276 g/mol. The molecule has 0 amide bonds. The molecule has 1 aliphatic heterocycles. The molecule has 0 spiro atoms. The van der Waals surface area contributed by atoms with E-state index in [1.54, 1.807) is 0 Å². The lowest BCUT2D eigenvalue weighted by atomic mass is 10.0. The molecule has 3 nitrogen and oxygen atoms in total. The van der Waals surface area contributed by atoms with Crippen molar-refractivity contribution in [3.05, 3.63) is 24.3 Å². The molecule has 0 aromatic heterocycles. The Balaban J connectivity index is 2.02. The van der Waals surface area contributed by atoms with Crippen LogP contribution >= 0.6 is 0 Å². The highest BCUT2D eigenvalue weighted by Gasteiger charge is 2.19. The van der Waals surface area contributed by atoms with E-state index in [2.05, 4.69) is 43.0 Å². The topological polar surface area (TPSA) is 38.5 Å². The molecule has 1 aliphatic rings. The summed E-state index contributed by atoms with van der Waals surface area (Å²) >= 11 is 0. The van der Waals surface area contributed by atoms with Gasteiger partial charge in [0.15, 0.2) is 0 Å². The van der Waals surface area contributed by atoms with Gasteiger partial charge in [-0.1, -0.05) is 38.8 Å². The number of benzene rings is 1. The summed E-state index contributed by atoms with van der Waals surface area (Å²) < 4.78 is 6.09. The molecule has 1 saturated heterocycles. The normalized spacial score (nSPS) is 16.7. The van der Waals surface area contributed by atoms with E-state index in [0.29, 0.717) is 12.0 Å². The van der Waals surface area contributed by atoms with E-state index >= 15 is 0 Å². The van der Waals surface area contributed by atoms with Crippen molar-refractivity contribution in [2.45, 2.75) is 45.6 Å². The van der Waals surface area contributed by atoms with Crippen LogP contribution in [0.5, 0.6) is 5.75 Å². The van der Waals surface area contributed by atoms with Crippen LogP contribution in [0.3, 0.4) is 0 Å².